The van der Waals surface area contributed by atoms with Crippen LogP contribution in [0.3, 0.4) is 0 Å². The predicted octanol–water partition coefficient (Wildman–Crippen LogP) is 5.62. The van der Waals surface area contributed by atoms with Crippen LogP contribution in [0.5, 0.6) is 0 Å². The van der Waals surface area contributed by atoms with Gasteiger partial charge in [0.15, 0.2) is 5.78 Å². The number of Topliss-reactive ketones (excluding diaryl/α,β-unsaturated/α-hetero) is 1. The Morgan fingerprint density at radius 3 is 1.96 bits per heavy atom. The summed E-state index contributed by atoms with van der Waals surface area (Å²) in [6.45, 7) is 8.10. The first kappa shape index (κ1) is 17.5. The van der Waals surface area contributed by atoms with Gasteiger partial charge in [-0.25, -0.2) is 0 Å². The van der Waals surface area contributed by atoms with Crippen LogP contribution in [0.2, 0.25) is 0 Å². The number of carbonyl (C=O) groups is 1. The third-order valence-electron chi connectivity index (χ3n) is 5.13. The second kappa shape index (κ2) is 6.34. The molecule has 0 atom stereocenters. The lowest BCUT2D eigenvalue weighted by Gasteiger charge is -2.26. The summed E-state index contributed by atoms with van der Waals surface area (Å²) >= 11 is 0. The summed E-state index contributed by atoms with van der Waals surface area (Å²) in [7, 11) is 0. The Kier molecular flexibility index (Phi) is 4.11. The van der Waals surface area contributed by atoms with Crippen LogP contribution in [0.25, 0.3) is 11.1 Å². The van der Waals surface area contributed by atoms with E-state index in [1.165, 1.54) is 0 Å². The molecule has 136 valence electrons. The maximum absolute atomic E-state index is 13.4. The lowest BCUT2D eigenvalue weighted by molar-refractivity contribution is 0.0913. The Hall–Kier alpha value is -2.94. The van der Waals surface area contributed by atoms with Crippen molar-refractivity contribution in [1.29, 1.82) is 0 Å². The van der Waals surface area contributed by atoms with E-state index < -0.39 is 5.54 Å². The molecule has 1 N–H and O–H groups in total. The highest BCUT2D eigenvalue weighted by Crippen LogP contribution is 2.40. The molecule has 1 aromatic heterocycles. The average Bonchev–Trinajstić information content (AvgIpc) is 3.07. The predicted molar refractivity (Wildman–Crippen MR) is 111 cm³/mol. The lowest BCUT2D eigenvalue weighted by atomic mass is 9.83. The van der Waals surface area contributed by atoms with E-state index in [-0.39, 0.29) is 11.7 Å². The lowest BCUT2D eigenvalue weighted by Crippen LogP contribution is -2.36. The van der Waals surface area contributed by atoms with E-state index in [0.717, 1.165) is 39.4 Å². The van der Waals surface area contributed by atoms with E-state index in [2.05, 4.69) is 31.0 Å². The second-order valence-electron chi connectivity index (χ2n) is 7.90. The smallest absolute Gasteiger partial charge is 0.192 e. The summed E-state index contributed by atoms with van der Waals surface area (Å²) in [5, 5.41) is 0. The number of rotatable bonds is 3. The van der Waals surface area contributed by atoms with E-state index in [1.807, 2.05) is 62.4 Å². The number of aromatic amines is 1. The monoisotopic (exact) mass is 356 g/mol. The number of ketones is 1. The first-order valence-corrected chi connectivity index (χ1v) is 9.42. The third-order valence-corrected chi connectivity index (χ3v) is 5.13. The summed E-state index contributed by atoms with van der Waals surface area (Å²) in [6, 6.07) is 20.3. The molecule has 0 saturated carbocycles. The standard InChI is InChI=1S/C24H24N2O/c1-15(2)20-18(16-11-7-5-8-12-16)19-22(25-20)21(17-13-9-6-10-14-17)26-24(3,4)23(19)27/h5-15,25H,1-4H3. The fraction of sp³-hybridized carbons (Fsp3) is 0.250. The van der Waals surface area contributed by atoms with E-state index in [0.29, 0.717) is 0 Å². The molecule has 0 spiro atoms. The van der Waals surface area contributed by atoms with Crippen molar-refractivity contribution in [1.82, 2.24) is 4.98 Å². The molecule has 1 aliphatic rings. The minimum atomic E-state index is -0.794. The summed E-state index contributed by atoms with van der Waals surface area (Å²) in [6.07, 6.45) is 0. The van der Waals surface area contributed by atoms with Crippen molar-refractivity contribution in [3.8, 4) is 11.1 Å². The van der Waals surface area contributed by atoms with Gasteiger partial charge in [-0.2, -0.15) is 0 Å². The molecule has 3 nitrogen and oxygen atoms in total. The zero-order valence-electron chi connectivity index (χ0n) is 16.2. The molecule has 27 heavy (non-hydrogen) atoms. The molecule has 0 aliphatic carbocycles. The molecule has 0 amide bonds. The maximum atomic E-state index is 13.4. The van der Waals surface area contributed by atoms with Crippen LogP contribution in [0, 0.1) is 0 Å². The molecule has 2 aromatic carbocycles. The quantitative estimate of drug-likeness (QED) is 0.650. The van der Waals surface area contributed by atoms with Crippen molar-refractivity contribution in [3.63, 3.8) is 0 Å². The normalized spacial score (nSPS) is 15.6. The van der Waals surface area contributed by atoms with Crippen LogP contribution in [-0.2, 0) is 0 Å². The van der Waals surface area contributed by atoms with Gasteiger partial charge in [-0.05, 0) is 25.3 Å². The molecule has 0 bridgehead atoms. The largest absolute Gasteiger partial charge is 0.356 e. The number of hydrogen-bond acceptors (Lipinski definition) is 2. The van der Waals surface area contributed by atoms with E-state index in [9.17, 15) is 4.79 Å². The number of hydrogen-bond donors (Lipinski definition) is 1. The summed E-state index contributed by atoms with van der Waals surface area (Å²) in [5.41, 5.74) is 5.87. The number of aliphatic imine (C=N–C) groups is 1. The molecular formula is C24H24N2O. The highest BCUT2D eigenvalue weighted by molar-refractivity contribution is 6.25. The van der Waals surface area contributed by atoms with E-state index in [4.69, 9.17) is 4.99 Å². The van der Waals surface area contributed by atoms with E-state index >= 15 is 0 Å². The van der Waals surface area contributed by atoms with Gasteiger partial charge in [0.05, 0.1) is 17.0 Å². The minimum absolute atomic E-state index is 0.0687. The number of aromatic nitrogens is 1. The van der Waals surface area contributed by atoms with Crippen molar-refractivity contribution in [2.75, 3.05) is 0 Å². The van der Waals surface area contributed by atoms with Crippen molar-refractivity contribution in [2.24, 2.45) is 4.99 Å². The van der Waals surface area contributed by atoms with Gasteiger partial charge < -0.3 is 4.98 Å². The van der Waals surface area contributed by atoms with Gasteiger partial charge in [-0.3, -0.25) is 9.79 Å². The number of H-pyrrole nitrogens is 1. The molecule has 0 radical (unpaired) electrons. The average molecular weight is 356 g/mol. The highest BCUT2D eigenvalue weighted by Gasteiger charge is 2.40. The SMILES string of the molecule is CC(C)c1[nH]c2c(c1-c1ccccc1)C(=O)C(C)(C)N=C2c1ccccc1. The number of nitrogens with zero attached hydrogens (tertiary/aromatic N) is 1. The van der Waals surface area contributed by atoms with E-state index in [1.54, 1.807) is 0 Å². The third kappa shape index (κ3) is 2.84. The van der Waals surface area contributed by atoms with Crippen LogP contribution in [0.1, 0.15) is 60.9 Å². The first-order valence-electron chi connectivity index (χ1n) is 9.42. The Morgan fingerprint density at radius 1 is 0.852 bits per heavy atom. The van der Waals surface area contributed by atoms with Crippen LogP contribution in [-0.4, -0.2) is 22.0 Å². The molecule has 4 rings (SSSR count). The van der Waals surface area contributed by atoms with Gasteiger partial charge in [0.1, 0.15) is 5.54 Å². The molecule has 0 saturated heterocycles. The van der Waals surface area contributed by atoms with Gasteiger partial charge in [0, 0.05) is 16.8 Å². The minimum Gasteiger partial charge on any atom is -0.356 e. The van der Waals surface area contributed by atoms with Gasteiger partial charge in [0.2, 0.25) is 0 Å². The van der Waals surface area contributed by atoms with Crippen molar-refractivity contribution in [3.05, 3.63) is 83.2 Å². The highest BCUT2D eigenvalue weighted by atomic mass is 16.1. The van der Waals surface area contributed by atoms with Crippen LogP contribution in [0.15, 0.2) is 65.7 Å². The number of carbonyl (C=O) groups excluding carboxylic acids is 1. The Labute approximate surface area is 160 Å². The second-order valence-corrected chi connectivity index (χ2v) is 7.90. The molecule has 1 aliphatic heterocycles. The zero-order chi connectivity index (χ0) is 19.2. The molecule has 2 heterocycles. The summed E-state index contributed by atoms with van der Waals surface area (Å²) < 4.78 is 0. The van der Waals surface area contributed by atoms with Crippen molar-refractivity contribution >= 4 is 11.5 Å². The van der Waals surface area contributed by atoms with Crippen molar-refractivity contribution < 1.29 is 4.79 Å². The Morgan fingerprint density at radius 2 is 1.41 bits per heavy atom. The van der Waals surface area contributed by atoms with Gasteiger partial charge >= 0.3 is 0 Å². The van der Waals surface area contributed by atoms with Crippen molar-refractivity contribution in [2.45, 2.75) is 39.2 Å². The fourth-order valence-electron chi connectivity index (χ4n) is 3.76. The Balaban J connectivity index is 2.06. The number of benzene rings is 2. The molecule has 0 fully saturated rings. The van der Waals surface area contributed by atoms with Gasteiger partial charge in [-0.15, -0.1) is 0 Å². The first-order chi connectivity index (χ1) is 12.9. The topological polar surface area (TPSA) is 45.2 Å². The maximum Gasteiger partial charge on any atom is 0.192 e. The molecule has 3 heteroatoms. The fourth-order valence-corrected chi connectivity index (χ4v) is 3.76. The number of fused-ring (bicyclic) bond motifs is 1. The molecule has 3 aromatic rings. The Bertz CT molecular complexity index is 1030. The van der Waals surface area contributed by atoms with Crippen LogP contribution < -0.4 is 0 Å². The number of nitrogens with one attached hydrogen (secondary N) is 1. The molecular weight excluding hydrogens is 332 g/mol. The van der Waals surface area contributed by atoms with Gasteiger partial charge in [0.25, 0.3) is 0 Å². The summed E-state index contributed by atoms with van der Waals surface area (Å²) in [4.78, 5) is 21.8. The van der Waals surface area contributed by atoms with Crippen LogP contribution in [0.4, 0.5) is 0 Å². The molecule has 0 unspecified atom stereocenters. The van der Waals surface area contributed by atoms with Gasteiger partial charge in [-0.1, -0.05) is 74.5 Å². The van der Waals surface area contributed by atoms with Crippen LogP contribution >= 0.6 is 0 Å². The summed E-state index contributed by atoms with van der Waals surface area (Å²) in [5.74, 6) is 0.331. The zero-order valence-corrected chi connectivity index (χ0v) is 16.2.